The van der Waals surface area contributed by atoms with E-state index in [9.17, 15) is 4.79 Å². The summed E-state index contributed by atoms with van der Waals surface area (Å²) >= 11 is 0. The van der Waals surface area contributed by atoms with Gasteiger partial charge in [-0.05, 0) is 63.6 Å². The molecule has 0 fully saturated rings. The van der Waals surface area contributed by atoms with Gasteiger partial charge < -0.3 is 15.4 Å². The van der Waals surface area contributed by atoms with Crippen LogP contribution in [0.1, 0.15) is 39.7 Å². The van der Waals surface area contributed by atoms with E-state index in [2.05, 4.69) is 16.7 Å². The number of rotatable bonds is 7. The van der Waals surface area contributed by atoms with Gasteiger partial charge in [-0.2, -0.15) is 5.26 Å². The summed E-state index contributed by atoms with van der Waals surface area (Å²) in [6.07, 6.45) is 0.863. The molecule has 26 heavy (non-hydrogen) atoms. The molecule has 5 nitrogen and oxygen atoms in total. The fourth-order valence-corrected chi connectivity index (χ4v) is 2.24. The van der Waals surface area contributed by atoms with Crippen LogP contribution >= 0.6 is 0 Å². The van der Waals surface area contributed by atoms with Crippen LogP contribution < -0.4 is 15.4 Å². The molecule has 0 aliphatic rings. The minimum absolute atomic E-state index is 0.0416. The van der Waals surface area contributed by atoms with Crippen LogP contribution in [0.4, 0.5) is 5.69 Å². The molecule has 5 heteroatoms. The zero-order valence-corrected chi connectivity index (χ0v) is 15.7. The van der Waals surface area contributed by atoms with Crippen molar-refractivity contribution in [2.75, 3.05) is 5.32 Å². The van der Waals surface area contributed by atoms with Crippen molar-refractivity contribution in [3.05, 3.63) is 54.1 Å². The standard InChI is InChI=1S/C21H25N3O2/c1-5-21(3,4)24-20(25)15(2)23-17-10-12-18(13-11-17)26-19-9-7-6-8-16(19)14-22/h6-13,15,23H,5H2,1-4H3,(H,24,25). The lowest BCUT2D eigenvalue weighted by molar-refractivity contribution is -0.123. The van der Waals surface area contributed by atoms with Gasteiger partial charge in [0.05, 0.1) is 5.56 Å². The fraction of sp³-hybridized carbons (Fsp3) is 0.333. The topological polar surface area (TPSA) is 74.2 Å². The minimum atomic E-state index is -0.355. The van der Waals surface area contributed by atoms with Gasteiger partial charge >= 0.3 is 0 Å². The third kappa shape index (κ3) is 5.25. The maximum atomic E-state index is 12.3. The normalized spacial score (nSPS) is 12.0. The van der Waals surface area contributed by atoms with Gasteiger partial charge in [0, 0.05) is 11.2 Å². The quantitative estimate of drug-likeness (QED) is 0.772. The lowest BCUT2D eigenvalue weighted by Crippen LogP contribution is -2.48. The largest absolute Gasteiger partial charge is 0.456 e. The Balaban J connectivity index is 1.99. The van der Waals surface area contributed by atoms with Crippen LogP contribution in [-0.2, 0) is 4.79 Å². The number of ether oxygens (including phenoxy) is 1. The third-order valence-electron chi connectivity index (χ3n) is 4.21. The van der Waals surface area contributed by atoms with Crippen LogP contribution in [0.3, 0.4) is 0 Å². The SMILES string of the molecule is CCC(C)(C)NC(=O)C(C)Nc1ccc(Oc2ccccc2C#N)cc1. The predicted octanol–water partition coefficient (Wildman–Crippen LogP) is 4.46. The Hall–Kier alpha value is -3.00. The summed E-state index contributed by atoms with van der Waals surface area (Å²) in [6.45, 7) is 7.88. The van der Waals surface area contributed by atoms with Crippen molar-refractivity contribution in [1.29, 1.82) is 5.26 Å². The molecule has 136 valence electrons. The number of nitrogens with one attached hydrogen (secondary N) is 2. The molecular formula is C21H25N3O2. The third-order valence-corrected chi connectivity index (χ3v) is 4.21. The van der Waals surface area contributed by atoms with Gasteiger partial charge in [0.25, 0.3) is 0 Å². The van der Waals surface area contributed by atoms with E-state index in [1.54, 1.807) is 30.3 Å². The average Bonchev–Trinajstić information content (AvgIpc) is 2.63. The zero-order chi connectivity index (χ0) is 19.2. The Labute approximate surface area is 155 Å². The summed E-state index contributed by atoms with van der Waals surface area (Å²) in [6, 6.07) is 16.1. The monoisotopic (exact) mass is 351 g/mol. The molecule has 2 rings (SSSR count). The van der Waals surface area contributed by atoms with Crippen molar-refractivity contribution < 1.29 is 9.53 Å². The molecular weight excluding hydrogens is 326 g/mol. The van der Waals surface area contributed by atoms with E-state index >= 15 is 0 Å². The number of nitrogens with zero attached hydrogens (tertiary/aromatic N) is 1. The number of amides is 1. The van der Waals surface area contributed by atoms with E-state index in [-0.39, 0.29) is 17.5 Å². The molecule has 1 amide bonds. The summed E-state index contributed by atoms with van der Waals surface area (Å²) in [5, 5.41) is 15.3. The Morgan fingerprint density at radius 2 is 1.85 bits per heavy atom. The molecule has 2 aromatic rings. The van der Waals surface area contributed by atoms with E-state index in [1.165, 1.54) is 0 Å². The molecule has 0 aliphatic heterocycles. The van der Waals surface area contributed by atoms with E-state index in [0.29, 0.717) is 17.1 Å². The summed E-state index contributed by atoms with van der Waals surface area (Å²) in [5.74, 6) is 1.10. The fourth-order valence-electron chi connectivity index (χ4n) is 2.24. The second kappa shape index (κ2) is 8.39. The number of para-hydroxylation sites is 1. The van der Waals surface area contributed by atoms with Crippen LogP contribution in [0, 0.1) is 11.3 Å². The highest BCUT2D eigenvalue weighted by atomic mass is 16.5. The van der Waals surface area contributed by atoms with Crippen LogP contribution in [-0.4, -0.2) is 17.5 Å². The highest BCUT2D eigenvalue weighted by Crippen LogP contribution is 2.26. The van der Waals surface area contributed by atoms with E-state index in [4.69, 9.17) is 10.00 Å². The summed E-state index contributed by atoms with van der Waals surface area (Å²) in [5.41, 5.74) is 1.08. The van der Waals surface area contributed by atoms with Gasteiger partial charge in [0.15, 0.2) is 0 Å². The van der Waals surface area contributed by atoms with E-state index < -0.39 is 0 Å². The van der Waals surface area contributed by atoms with Crippen LogP contribution in [0.25, 0.3) is 0 Å². The summed E-state index contributed by atoms with van der Waals surface area (Å²) in [7, 11) is 0. The van der Waals surface area contributed by atoms with E-state index in [0.717, 1.165) is 12.1 Å². The number of benzene rings is 2. The first kappa shape index (κ1) is 19.3. The second-order valence-electron chi connectivity index (χ2n) is 6.83. The van der Waals surface area contributed by atoms with Gasteiger partial charge in [-0.1, -0.05) is 19.1 Å². The Morgan fingerprint density at radius 3 is 2.46 bits per heavy atom. The smallest absolute Gasteiger partial charge is 0.242 e. The molecule has 0 heterocycles. The lowest BCUT2D eigenvalue weighted by atomic mass is 10.0. The van der Waals surface area contributed by atoms with Gasteiger partial charge in [0.1, 0.15) is 23.6 Å². The molecule has 0 spiro atoms. The maximum absolute atomic E-state index is 12.3. The van der Waals surface area contributed by atoms with Gasteiger partial charge in [0.2, 0.25) is 5.91 Å². The predicted molar refractivity (Wildman–Crippen MR) is 103 cm³/mol. The second-order valence-corrected chi connectivity index (χ2v) is 6.83. The van der Waals surface area contributed by atoms with Crippen molar-refractivity contribution in [2.24, 2.45) is 0 Å². The Bertz CT molecular complexity index is 792. The van der Waals surface area contributed by atoms with Crippen molar-refractivity contribution in [2.45, 2.75) is 45.7 Å². The van der Waals surface area contributed by atoms with Gasteiger partial charge in [-0.15, -0.1) is 0 Å². The van der Waals surface area contributed by atoms with E-state index in [1.807, 2.05) is 45.9 Å². The zero-order valence-electron chi connectivity index (χ0n) is 15.7. The van der Waals surface area contributed by atoms with Crippen LogP contribution in [0.2, 0.25) is 0 Å². The molecule has 0 aliphatic carbocycles. The van der Waals surface area contributed by atoms with Crippen molar-refractivity contribution in [3.8, 4) is 17.6 Å². The molecule has 2 N–H and O–H groups in total. The molecule has 0 saturated carbocycles. The average molecular weight is 351 g/mol. The number of carbonyl (C=O) groups excluding carboxylic acids is 1. The number of anilines is 1. The van der Waals surface area contributed by atoms with Crippen LogP contribution in [0.15, 0.2) is 48.5 Å². The van der Waals surface area contributed by atoms with Gasteiger partial charge in [-0.3, -0.25) is 4.79 Å². The summed E-state index contributed by atoms with van der Waals surface area (Å²) < 4.78 is 5.76. The number of hydrogen-bond acceptors (Lipinski definition) is 4. The van der Waals surface area contributed by atoms with Crippen molar-refractivity contribution in [3.63, 3.8) is 0 Å². The lowest BCUT2D eigenvalue weighted by Gasteiger charge is -2.27. The van der Waals surface area contributed by atoms with Crippen molar-refractivity contribution in [1.82, 2.24) is 5.32 Å². The number of carbonyl (C=O) groups is 1. The molecule has 0 saturated heterocycles. The maximum Gasteiger partial charge on any atom is 0.242 e. The van der Waals surface area contributed by atoms with Crippen molar-refractivity contribution >= 4 is 11.6 Å². The highest BCUT2D eigenvalue weighted by Gasteiger charge is 2.21. The molecule has 0 aromatic heterocycles. The first-order chi connectivity index (χ1) is 12.3. The Morgan fingerprint density at radius 1 is 1.19 bits per heavy atom. The highest BCUT2D eigenvalue weighted by molar-refractivity contribution is 5.84. The number of hydrogen-bond donors (Lipinski definition) is 2. The first-order valence-corrected chi connectivity index (χ1v) is 8.70. The molecule has 0 bridgehead atoms. The minimum Gasteiger partial charge on any atom is -0.456 e. The first-order valence-electron chi connectivity index (χ1n) is 8.70. The number of nitriles is 1. The Kier molecular flexibility index (Phi) is 6.24. The molecule has 2 aromatic carbocycles. The summed E-state index contributed by atoms with van der Waals surface area (Å²) in [4.78, 5) is 12.3. The van der Waals surface area contributed by atoms with Crippen LogP contribution in [0.5, 0.6) is 11.5 Å². The molecule has 1 unspecified atom stereocenters. The molecule has 0 radical (unpaired) electrons. The molecule has 1 atom stereocenters. The van der Waals surface area contributed by atoms with Gasteiger partial charge in [-0.25, -0.2) is 0 Å².